The lowest BCUT2D eigenvalue weighted by atomic mass is 9.96. The van der Waals surface area contributed by atoms with Crippen LogP contribution in [0.25, 0.3) is 0 Å². The fraction of sp³-hybridized carbons (Fsp3) is 0.571. The van der Waals surface area contributed by atoms with Crippen LogP contribution in [0.4, 0.5) is 4.79 Å². The fourth-order valence-corrected chi connectivity index (χ4v) is 3.97. The van der Waals surface area contributed by atoms with Crippen molar-refractivity contribution in [3.8, 4) is 0 Å². The quantitative estimate of drug-likeness (QED) is 0.672. The Labute approximate surface area is 166 Å². The van der Waals surface area contributed by atoms with Crippen molar-refractivity contribution in [1.82, 2.24) is 14.7 Å². The van der Waals surface area contributed by atoms with Crippen LogP contribution in [-0.2, 0) is 14.3 Å². The van der Waals surface area contributed by atoms with E-state index < -0.39 is 0 Å². The number of urea groups is 1. The van der Waals surface area contributed by atoms with Gasteiger partial charge in [0.05, 0.1) is 13.2 Å². The highest BCUT2D eigenvalue weighted by atomic mass is 16.5. The molecule has 1 atom stereocenters. The smallest absolute Gasteiger partial charge is 0.327 e. The monoisotopic (exact) mass is 387 g/mol. The highest BCUT2D eigenvalue weighted by molar-refractivity contribution is 6.02. The highest BCUT2D eigenvalue weighted by Gasteiger charge is 2.40. The molecule has 0 aromatic heterocycles. The molecule has 2 heterocycles. The van der Waals surface area contributed by atoms with E-state index in [0.29, 0.717) is 45.5 Å². The lowest BCUT2D eigenvalue weighted by molar-refractivity contribution is -0.133. The van der Waals surface area contributed by atoms with E-state index in [-0.39, 0.29) is 36.3 Å². The second-order valence-corrected chi connectivity index (χ2v) is 7.58. The Morgan fingerprint density at radius 1 is 1.18 bits per heavy atom. The predicted molar refractivity (Wildman–Crippen MR) is 105 cm³/mol. The predicted octanol–water partition coefficient (Wildman–Crippen LogP) is 2.08. The van der Waals surface area contributed by atoms with Gasteiger partial charge in [0.1, 0.15) is 6.54 Å². The summed E-state index contributed by atoms with van der Waals surface area (Å²) in [4.78, 5) is 42.1. The number of carbonyl (C=O) groups is 3. The average Bonchev–Trinajstić information content (AvgIpc) is 3.00. The molecule has 0 N–H and O–H groups in total. The number of nitrogens with zero attached hydrogens (tertiary/aromatic N) is 3. The van der Waals surface area contributed by atoms with E-state index in [1.807, 2.05) is 23.1 Å². The molecule has 2 fully saturated rings. The first-order valence-electron chi connectivity index (χ1n) is 9.94. The van der Waals surface area contributed by atoms with Crippen LogP contribution in [0.5, 0.6) is 0 Å². The largest absolute Gasteiger partial charge is 0.383 e. The second-order valence-electron chi connectivity index (χ2n) is 7.58. The maximum absolute atomic E-state index is 12.7. The number of hydrogen-bond acceptors (Lipinski definition) is 4. The molecule has 28 heavy (non-hydrogen) atoms. The normalized spacial score (nSPS) is 19.4. The fourth-order valence-electron chi connectivity index (χ4n) is 3.97. The minimum absolute atomic E-state index is 0.0135. The molecule has 0 spiro atoms. The summed E-state index contributed by atoms with van der Waals surface area (Å²) in [5.41, 5.74) is 1.17. The third-order valence-electron chi connectivity index (χ3n) is 5.71. The Kier molecular flexibility index (Phi) is 6.67. The molecule has 2 saturated heterocycles. The van der Waals surface area contributed by atoms with E-state index in [4.69, 9.17) is 4.74 Å². The molecule has 0 aliphatic carbocycles. The van der Waals surface area contributed by atoms with Crippen LogP contribution in [-0.4, -0.2) is 78.5 Å². The third-order valence-corrected chi connectivity index (χ3v) is 5.71. The summed E-state index contributed by atoms with van der Waals surface area (Å²) in [6.07, 6.45) is 1.91. The summed E-state index contributed by atoms with van der Waals surface area (Å²) in [6, 6.07) is 9.84. The van der Waals surface area contributed by atoms with Gasteiger partial charge >= 0.3 is 6.03 Å². The maximum atomic E-state index is 12.7. The number of hydrogen-bond donors (Lipinski definition) is 0. The molecule has 0 radical (unpaired) electrons. The second kappa shape index (κ2) is 9.19. The van der Waals surface area contributed by atoms with Crippen LogP contribution in [0, 0.1) is 0 Å². The summed E-state index contributed by atoms with van der Waals surface area (Å²) in [5.74, 6) is 0.163. The van der Waals surface area contributed by atoms with E-state index in [1.165, 1.54) is 10.5 Å². The van der Waals surface area contributed by atoms with Gasteiger partial charge in [0.15, 0.2) is 0 Å². The first-order chi connectivity index (χ1) is 13.5. The molecule has 152 valence electrons. The van der Waals surface area contributed by atoms with Crippen LogP contribution < -0.4 is 0 Å². The van der Waals surface area contributed by atoms with Crippen molar-refractivity contribution in [2.24, 2.45) is 0 Å². The van der Waals surface area contributed by atoms with Gasteiger partial charge in [0, 0.05) is 32.7 Å². The van der Waals surface area contributed by atoms with Crippen molar-refractivity contribution in [3.63, 3.8) is 0 Å². The van der Waals surface area contributed by atoms with Crippen LogP contribution in [0.1, 0.15) is 37.7 Å². The van der Waals surface area contributed by atoms with Gasteiger partial charge in [-0.25, -0.2) is 4.79 Å². The molecule has 7 nitrogen and oxygen atoms in total. The SMILES string of the molecule is COCCN1C(=O)CN(C2CCN(C(=O)C[C@@H](C)c3ccccc3)CC2)C1=O. The van der Waals surface area contributed by atoms with E-state index in [2.05, 4.69) is 19.1 Å². The third kappa shape index (κ3) is 4.52. The van der Waals surface area contributed by atoms with Gasteiger partial charge < -0.3 is 14.5 Å². The lowest BCUT2D eigenvalue weighted by Gasteiger charge is -2.36. The van der Waals surface area contributed by atoms with Gasteiger partial charge in [-0.2, -0.15) is 0 Å². The molecule has 2 aliphatic rings. The minimum atomic E-state index is -0.232. The molecular weight excluding hydrogens is 358 g/mol. The van der Waals surface area contributed by atoms with Crippen molar-refractivity contribution in [1.29, 1.82) is 0 Å². The summed E-state index contributed by atoms with van der Waals surface area (Å²) in [7, 11) is 1.55. The molecule has 0 unspecified atom stereocenters. The van der Waals surface area contributed by atoms with Crippen LogP contribution >= 0.6 is 0 Å². The number of rotatable bonds is 7. The van der Waals surface area contributed by atoms with E-state index in [9.17, 15) is 14.4 Å². The number of piperidine rings is 1. The van der Waals surface area contributed by atoms with E-state index in [1.54, 1.807) is 12.0 Å². The van der Waals surface area contributed by atoms with Gasteiger partial charge in [-0.05, 0) is 24.3 Å². The van der Waals surface area contributed by atoms with Crippen molar-refractivity contribution < 1.29 is 19.1 Å². The van der Waals surface area contributed by atoms with Gasteiger partial charge in [0.2, 0.25) is 11.8 Å². The summed E-state index contributed by atoms with van der Waals surface area (Å²) in [6.45, 7) is 4.09. The molecule has 1 aromatic rings. The zero-order chi connectivity index (χ0) is 20.1. The zero-order valence-corrected chi connectivity index (χ0v) is 16.7. The van der Waals surface area contributed by atoms with Gasteiger partial charge in [-0.15, -0.1) is 0 Å². The standard InChI is InChI=1S/C21H29N3O4/c1-16(17-6-4-3-5-7-17)14-19(25)22-10-8-18(9-11-22)24-15-20(26)23(21(24)27)12-13-28-2/h3-7,16,18H,8-15H2,1-2H3/t16-/m1/s1. The highest BCUT2D eigenvalue weighted by Crippen LogP contribution is 2.24. The first-order valence-corrected chi connectivity index (χ1v) is 9.94. The number of imide groups is 1. The van der Waals surface area contributed by atoms with Gasteiger partial charge in [-0.1, -0.05) is 37.3 Å². The van der Waals surface area contributed by atoms with Gasteiger partial charge in [-0.3, -0.25) is 14.5 Å². The Morgan fingerprint density at radius 3 is 2.50 bits per heavy atom. The molecule has 1 aromatic carbocycles. The first kappa shape index (κ1) is 20.3. The molecule has 2 aliphatic heterocycles. The van der Waals surface area contributed by atoms with E-state index >= 15 is 0 Å². The summed E-state index contributed by atoms with van der Waals surface area (Å²) in [5, 5.41) is 0. The van der Waals surface area contributed by atoms with Crippen LogP contribution in [0.3, 0.4) is 0 Å². The minimum Gasteiger partial charge on any atom is -0.383 e. The lowest BCUT2D eigenvalue weighted by Crippen LogP contribution is -2.48. The Bertz CT molecular complexity index is 701. The Morgan fingerprint density at radius 2 is 1.86 bits per heavy atom. The number of carbonyl (C=O) groups excluding carboxylic acids is 3. The molecule has 7 heteroatoms. The Hall–Kier alpha value is -2.41. The number of likely N-dealkylation sites (tertiary alicyclic amines) is 1. The molecular formula is C21H29N3O4. The number of benzene rings is 1. The van der Waals surface area contributed by atoms with Crippen molar-refractivity contribution >= 4 is 17.8 Å². The van der Waals surface area contributed by atoms with Crippen molar-refractivity contribution in [2.75, 3.05) is 39.9 Å². The molecule has 3 rings (SSSR count). The number of ether oxygens (including phenoxy) is 1. The van der Waals surface area contributed by atoms with Crippen molar-refractivity contribution in [3.05, 3.63) is 35.9 Å². The number of amides is 4. The molecule has 0 saturated carbocycles. The molecule has 0 bridgehead atoms. The summed E-state index contributed by atoms with van der Waals surface area (Å²) < 4.78 is 4.98. The van der Waals surface area contributed by atoms with Gasteiger partial charge in [0.25, 0.3) is 0 Å². The Balaban J connectivity index is 1.50. The van der Waals surface area contributed by atoms with E-state index in [0.717, 1.165) is 0 Å². The molecule has 4 amide bonds. The zero-order valence-electron chi connectivity index (χ0n) is 16.7. The summed E-state index contributed by atoms with van der Waals surface area (Å²) >= 11 is 0. The van der Waals surface area contributed by atoms with Crippen LogP contribution in [0.15, 0.2) is 30.3 Å². The van der Waals surface area contributed by atoms with Crippen LogP contribution in [0.2, 0.25) is 0 Å². The topological polar surface area (TPSA) is 70.2 Å². The number of methoxy groups -OCH3 is 1. The maximum Gasteiger partial charge on any atom is 0.327 e. The average molecular weight is 387 g/mol. The van der Waals surface area contributed by atoms with Crippen molar-refractivity contribution in [2.45, 2.75) is 38.1 Å².